The second-order valence-electron chi connectivity index (χ2n) is 4.53. The first kappa shape index (κ1) is 16.3. The topological polar surface area (TPSA) is 113 Å². The largest absolute Gasteiger partial charge is 0.502 e. The fourth-order valence-corrected chi connectivity index (χ4v) is 2.18. The molecule has 0 spiro atoms. The zero-order valence-electron chi connectivity index (χ0n) is 11.7. The highest BCUT2D eigenvalue weighted by Gasteiger charge is 2.32. The van der Waals surface area contributed by atoms with Crippen LogP contribution in [0.4, 0.5) is 5.69 Å². The van der Waals surface area contributed by atoms with Crippen LogP contribution in [0.3, 0.4) is 0 Å². The summed E-state index contributed by atoms with van der Waals surface area (Å²) < 4.78 is 0. The smallest absolute Gasteiger partial charge is 0.311 e. The molecule has 9 heteroatoms. The molecule has 8 nitrogen and oxygen atoms in total. The first-order valence-electron chi connectivity index (χ1n) is 6.32. The van der Waals surface area contributed by atoms with E-state index >= 15 is 0 Å². The SMILES string of the molecule is C=CCN1C(=O)C(=Cc2ccc(O)c([N+](=O)[O-])c2)C(=O)NC1=S. The van der Waals surface area contributed by atoms with E-state index < -0.39 is 28.2 Å². The van der Waals surface area contributed by atoms with E-state index in [1.54, 1.807) is 0 Å². The van der Waals surface area contributed by atoms with Gasteiger partial charge < -0.3 is 5.11 Å². The van der Waals surface area contributed by atoms with E-state index in [0.29, 0.717) is 0 Å². The van der Waals surface area contributed by atoms with Crippen molar-refractivity contribution in [3.05, 3.63) is 52.1 Å². The van der Waals surface area contributed by atoms with Gasteiger partial charge in [0, 0.05) is 12.6 Å². The zero-order valence-corrected chi connectivity index (χ0v) is 12.5. The van der Waals surface area contributed by atoms with E-state index in [-0.39, 0.29) is 22.8 Å². The number of carbonyl (C=O) groups is 2. The quantitative estimate of drug-likeness (QED) is 0.213. The molecule has 1 heterocycles. The van der Waals surface area contributed by atoms with Crippen LogP contribution in [0.5, 0.6) is 5.75 Å². The van der Waals surface area contributed by atoms with Gasteiger partial charge in [-0.05, 0) is 29.9 Å². The third kappa shape index (κ3) is 3.24. The van der Waals surface area contributed by atoms with Gasteiger partial charge in [0.15, 0.2) is 10.9 Å². The number of hydrogen-bond donors (Lipinski definition) is 2. The Hall–Kier alpha value is -3.07. The molecule has 1 aromatic rings. The number of aromatic hydroxyl groups is 1. The molecule has 1 aromatic carbocycles. The standard InChI is InChI=1S/C14H11N3O5S/c1-2-5-16-13(20)9(12(19)15-14(16)23)6-8-3-4-11(18)10(7-8)17(21)22/h2-4,6-7,18H,1,5H2,(H,15,19,23). The first-order valence-corrected chi connectivity index (χ1v) is 6.73. The Morgan fingerprint density at radius 3 is 2.74 bits per heavy atom. The lowest BCUT2D eigenvalue weighted by Crippen LogP contribution is -2.53. The van der Waals surface area contributed by atoms with Gasteiger partial charge in [-0.25, -0.2) is 0 Å². The van der Waals surface area contributed by atoms with Crippen LogP contribution in [-0.4, -0.2) is 38.4 Å². The summed E-state index contributed by atoms with van der Waals surface area (Å²) in [5, 5.41) is 22.6. The zero-order chi connectivity index (χ0) is 17.1. The summed E-state index contributed by atoms with van der Waals surface area (Å²) in [6.07, 6.45) is 2.65. The highest BCUT2D eigenvalue weighted by molar-refractivity contribution is 7.80. The number of rotatable bonds is 4. The number of nitrogens with zero attached hydrogens (tertiary/aromatic N) is 2. The Morgan fingerprint density at radius 1 is 1.43 bits per heavy atom. The number of nitrogens with one attached hydrogen (secondary N) is 1. The number of thiocarbonyl (C=S) groups is 1. The predicted molar refractivity (Wildman–Crippen MR) is 85.4 cm³/mol. The van der Waals surface area contributed by atoms with Gasteiger partial charge in [-0.2, -0.15) is 0 Å². The van der Waals surface area contributed by atoms with Gasteiger partial charge in [-0.1, -0.05) is 12.1 Å². The molecule has 1 saturated heterocycles. The Bertz CT molecular complexity index is 772. The van der Waals surface area contributed by atoms with Gasteiger partial charge in [0.05, 0.1) is 4.92 Å². The van der Waals surface area contributed by atoms with Crippen molar-refractivity contribution in [2.24, 2.45) is 0 Å². The number of hydrogen-bond acceptors (Lipinski definition) is 6. The number of amides is 2. The number of benzene rings is 1. The Morgan fingerprint density at radius 2 is 2.13 bits per heavy atom. The summed E-state index contributed by atoms with van der Waals surface area (Å²) in [6, 6.07) is 3.52. The van der Waals surface area contributed by atoms with Crippen LogP contribution in [0.25, 0.3) is 6.08 Å². The number of carbonyl (C=O) groups excluding carboxylic acids is 2. The van der Waals surface area contributed by atoms with Crippen molar-refractivity contribution in [2.45, 2.75) is 0 Å². The molecule has 0 atom stereocenters. The highest BCUT2D eigenvalue weighted by atomic mass is 32.1. The molecule has 1 aliphatic rings. The lowest BCUT2D eigenvalue weighted by atomic mass is 10.1. The summed E-state index contributed by atoms with van der Waals surface area (Å²) in [5.41, 5.74) is -0.527. The average Bonchev–Trinajstić information content (AvgIpc) is 2.49. The normalized spacial score (nSPS) is 16.4. The summed E-state index contributed by atoms with van der Waals surface area (Å²) in [5.74, 6) is -1.84. The second-order valence-corrected chi connectivity index (χ2v) is 4.91. The molecular weight excluding hydrogens is 322 g/mol. The molecule has 23 heavy (non-hydrogen) atoms. The molecule has 0 bridgehead atoms. The molecule has 0 aromatic heterocycles. The lowest BCUT2D eigenvalue weighted by Gasteiger charge is -2.27. The molecule has 0 aliphatic carbocycles. The maximum Gasteiger partial charge on any atom is 0.311 e. The van der Waals surface area contributed by atoms with Crippen LogP contribution in [0, 0.1) is 10.1 Å². The summed E-state index contributed by atoms with van der Waals surface area (Å²) in [4.78, 5) is 35.4. The number of phenolic OH excluding ortho intramolecular Hbond substituents is 1. The van der Waals surface area contributed by atoms with Gasteiger partial charge >= 0.3 is 5.69 Å². The molecule has 2 N–H and O–H groups in total. The lowest BCUT2D eigenvalue weighted by molar-refractivity contribution is -0.385. The second kappa shape index (κ2) is 6.36. The number of nitro groups is 1. The summed E-state index contributed by atoms with van der Waals surface area (Å²) in [7, 11) is 0. The predicted octanol–water partition coefficient (Wildman–Crippen LogP) is 1.11. The van der Waals surface area contributed by atoms with Crippen molar-refractivity contribution in [1.29, 1.82) is 0 Å². The summed E-state index contributed by atoms with van der Waals surface area (Å²) >= 11 is 4.91. The minimum absolute atomic E-state index is 0.0336. The fourth-order valence-electron chi connectivity index (χ4n) is 1.93. The highest BCUT2D eigenvalue weighted by Crippen LogP contribution is 2.27. The van der Waals surface area contributed by atoms with Crippen LogP contribution >= 0.6 is 12.2 Å². The first-order chi connectivity index (χ1) is 10.8. The van der Waals surface area contributed by atoms with Gasteiger partial charge in [-0.15, -0.1) is 6.58 Å². The number of nitro benzene ring substituents is 1. The van der Waals surface area contributed by atoms with Gasteiger partial charge in [0.2, 0.25) is 0 Å². The molecule has 2 amide bonds. The molecule has 1 fully saturated rings. The van der Waals surface area contributed by atoms with Crippen molar-refractivity contribution in [3.8, 4) is 5.75 Å². The van der Waals surface area contributed by atoms with Gasteiger partial charge in [0.1, 0.15) is 5.57 Å². The molecule has 0 saturated carbocycles. The Balaban J connectivity index is 2.44. The van der Waals surface area contributed by atoms with E-state index in [2.05, 4.69) is 11.9 Å². The molecular formula is C14H11N3O5S. The monoisotopic (exact) mass is 333 g/mol. The molecule has 2 rings (SSSR count). The molecule has 0 radical (unpaired) electrons. The average molecular weight is 333 g/mol. The van der Waals surface area contributed by atoms with Crippen LogP contribution < -0.4 is 5.32 Å². The molecule has 0 unspecified atom stereocenters. The van der Waals surface area contributed by atoms with Crippen molar-refractivity contribution in [1.82, 2.24) is 10.2 Å². The summed E-state index contributed by atoms with van der Waals surface area (Å²) in [6.45, 7) is 3.62. The van der Waals surface area contributed by atoms with E-state index in [1.165, 1.54) is 18.2 Å². The van der Waals surface area contributed by atoms with Gasteiger partial charge in [-0.3, -0.25) is 29.9 Å². The van der Waals surface area contributed by atoms with E-state index in [1.807, 2.05) is 0 Å². The van der Waals surface area contributed by atoms with Crippen molar-refractivity contribution in [3.63, 3.8) is 0 Å². The fraction of sp³-hybridized carbons (Fsp3) is 0.0714. The van der Waals surface area contributed by atoms with Crippen LogP contribution in [0.1, 0.15) is 5.56 Å². The van der Waals surface area contributed by atoms with E-state index in [4.69, 9.17) is 12.2 Å². The van der Waals surface area contributed by atoms with Gasteiger partial charge in [0.25, 0.3) is 11.8 Å². The minimum atomic E-state index is -0.765. The third-order valence-electron chi connectivity index (χ3n) is 3.00. The molecule has 1 aliphatic heterocycles. The van der Waals surface area contributed by atoms with Crippen molar-refractivity contribution in [2.75, 3.05) is 6.54 Å². The van der Waals surface area contributed by atoms with Crippen molar-refractivity contribution < 1.29 is 19.6 Å². The van der Waals surface area contributed by atoms with Crippen molar-refractivity contribution >= 4 is 40.9 Å². The van der Waals surface area contributed by atoms with Crippen LogP contribution in [0.2, 0.25) is 0 Å². The Labute approximate surface area is 135 Å². The minimum Gasteiger partial charge on any atom is -0.502 e. The van der Waals surface area contributed by atoms with E-state index in [9.17, 15) is 24.8 Å². The maximum atomic E-state index is 12.3. The van der Waals surface area contributed by atoms with E-state index in [0.717, 1.165) is 17.0 Å². The Kier molecular flexibility index (Phi) is 4.51. The van der Waals surface area contributed by atoms with Crippen LogP contribution in [0.15, 0.2) is 36.4 Å². The third-order valence-corrected chi connectivity index (χ3v) is 3.33. The molecule has 118 valence electrons. The van der Waals surface area contributed by atoms with Crippen LogP contribution in [-0.2, 0) is 9.59 Å². The number of phenols is 1. The maximum absolute atomic E-state index is 12.3.